The summed E-state index contributed by atoms with van der Waals surface area (Å²) in [7, 11) is 0. The maximum absolute atomic E-state index is 11.6. The first-order valence-electron chi connectivity index (χ1n) is 10.5. The van der Waals surface area contributed by atoms with Crippen molar-refractivity contribution in [2.24, 2.45) is 5.73 Å². The van der Waals surface area contributed by atoms with Crippen LogP contribution in [0.5, 0.6) is 0 Å². The van der Waals surface area contributed by atoms with Crippen molar-refractivity contribution in [3.63, 3.8) is 0 Å². The maximum Gasteiger partial charge on any atom is 0.234 e. The van der Waals surface area contributed by atoms with Crippen molar-refractivity contribution in [2.75, 3.05) is 31.1 Å². The Morgan fingerprint density at radius 2 is 1.93 bits per heavy atom. The molecule has 1 fully saturated rings. The SMILES string of the molecule is CC(C(N)=O)N1CCN(c2nc(-c3cnccn3)nc3sc4c(c23)CCCC4)CC1. The number of hydrogen-bond donors (Lipinski definition) is 1. The van der Waals surface area contributed by atoms with Crippen molar-refractivity contribution in [2.45, 2.75) is 38.6 Å². The summed E-state index contributed by atoms with van der Waals surface area (Å²) in [6.07, 6.45) is 9.72. The molecule has 1 atom stereocenters. The molecule has 2 N–H and O–H groups in total. The summed E-state index contributed by atoms with van der Waals surface area (Å²) in [5.41, 5.74) is 7.62. The number of carbonyl (C=O) groups is 1. The molecule has 30 heavy (non-hydrogen) atoms. The van der Waals surface area contributed by atoms with Gasteiger partial charge in [0.2, 0.25) is 5.91 Å². The van der Waals surface area contributed by atoms with Crippen LogP contribution in [0.4, 0.5) is 5.82 Å². The smallest absolute Gasteiger partial charge is 0.234 e. The predicted octanol–water partition coefficient (Wildman–Crippen LogP) is 2.02. The van der Waals surface area contributed by atoms with Gasteiger partial charge in [-0.05, 0) is 38.2 Å². The lowest BCUT2D eigenvalue weighted by Crippen LogP contribution is -2.53. The number of nitrogens with zero attached hydrogens (tertiary/aromatic N) is 6. The van der Waals surface area contributed by atoms with Crippen LogP contribution in [0.15, 0.2) is 18.6 Å². The van der Waals surface area contributed by atoms with Gasteiger partial charge in [-0.15, -0.1) is 11.3 Å². The normalized spacial score (nSPS) is 18.4. The Morgan fingerprint density at radius 3 is 2.67 bits per heavy atom. The van der Waals surface area contributed by atoms with Gasteiger partial charge >= 0.3 is 0 Å². The molecule has 9 heteroatoms. The quantitative estimate of drug-likeness (QED) is 0.685. The van der Waals surface area contributed by atoms with Crippen LogP contribution in [-0.4, -0.2) is 63.0 Å². The summed E-state index contributed by atoms with van der Waals surface area (Å²) in [4.78, 5) is 37.0. The lowest BCUT2D eigenvalue weighted by Gasteiger charge is -2.37. The van der Waals surface area contributed by atoms with Gasteiger partial charge in [0.05, 0.1) is 17.6 Å². The Labute approximate surface area is 179 Å². The standard InChI is InChI=1S/C21H25N7OS/c1-13(18(22)29)27-8-10-28(11-9-27)20-17-14-4-2-3-5-16(14)30-21(17)26-19(25-20)15-12-23-6-7-24-15/h6-7,12-13H,2-5,8-11H2,1H3,(H2,22,29). The van der Waals surface area contributed by atoms with Crippen molar-refractivity contribution in [3.05, 3.63) is 29.0 Å². The number of aromatic nitrogens is 4. The van der Waals surface area contributed by atoms with E-state index >= 15 is 0 Å². The molecule has 5 rings (SSSR count). The van der Waals surface area contributed by atoms with E-state index < -0.39 is 0 Å². The van der Waals surface area contributed by atoms with Crippen LogP contribution in [0, 0.1) is 0 Å². The molecule has 2 aliphatic rings. The molecule has 0 bridgehead atoms. The summed E-state index contributed by atoms with van der Waals surface area (Å²) in [5, 5.41) is 1.21. The second kappa shape index (κ2) is 7.88. The Bertz CT molecular complexity index is 1080. The number of thiophene rings is 1. The molecule has 1 amide bonds. The first-order valence-corrected chi connectivity index (χ1v) is 11.3. The van der Waals surface area contributed by atoms with Gasteiger partial charge in [0.25, 0.3) is 0 Å². The van der Waals surface area contributed by atoms with E-state index in [1.807, 2.05) is 6.92 Å². The van der Waals surface area contributed by atoms with Crippen molar-refractivity contribution in [1.82, 2.24) is 24.8 Å². The monoisotopic (exact) mass is 423 g/mol. The number of piperazine rings is 1. The highest BCUT2D eigenvalue weighted by Crippen LogP contribution is 2.40. The van der Waals surface area contributed by atoms with Crippen molar-refractivity contribution in [1.29, 1.82) is 0 Å². The lowest BCUT2D eigenvalue weighted by molar-refractivity contribution is -0.122. The number of fused-ring (bicyclic) bond motifs is 3. The molecule has 3 aromatic rings. The summed E-state index contributed by atoms with van der Waals surface area (Å²) >= 11 is 1.80. The van der Waals surface area contributed by atoms with Gasteiger partial charge in [0.1, 0.15) is 16.3 Å². The number of anilines is 1. The maximum atomic E-state index is 11.6. The summed E-state index contributed by atoms with van der Waals surface area (Å²) in [6.45, 7) is 5.04. The highest BCUT2D eigenvalue weighted by atomic mass is 32.1. The molecular weight excluding hydrogens is 398 g/mol. The van der Waals surface area contributed by atoms with Crippen LogP contribution in [0.3, 0.4) is 0 Å². The molecule has 8 nitrogen and oxygen atoms in total. The number of aryl methyl sites for hydroxylation is 2. The van der Waals surface area contributed by atoms with E-state index in [2.05, 4.69) is 19.8 Å². The minimum Gasteiger partial charge on any atom is -0.368 e. The zero-order chi connectivity index (χ0) is 20.7. The summed E-state index contributed by atoms with van der Waals surface area (Å²) < 4.78 is 0. The zero-order valence-electron chi connectivity index (χ0n) is 17.0. The Morgan fingerprint density at radius 1 is 1.13 bits per heavy atom. The number of primary amides is 1. The zero-order valence-corrected chi connectivity index (χ0v) is 17.9. The minimum atomic E-state index is -0.273. The highest BCUT2D eigenvalue weighted by molar-refractivity contribution is 7.19. The van der Waals surface area contributed by atoms with Crippen LogP contribution in [-0.2, 0) is 17.6 Å². The second-order valence-corrected chi connectivity index (χ2v) is 9.04. The molecule has 0 radical (unpaired) electrons. The van der Waals surface area contributed by atoms with Crippen molar-refractivity contribution >= 4 is 33.3 Å². The Hall–Kier alpha value is -2.65. The van der Waals surface area contributed by atoms with E-state index in [4.69, 9.17) is 15.7 Å². The van der Waals surface area contributed by atoms with Crippen LogP contribution >= 0.6 is 11.3 Å². The van der Waals surface area contributed by atoms with E-state index in [0.29, 0.717) is 11.5 Å². The van der Waals surface area contributed by atoms with Gasteiger partial charge in [0.15, 0.2) is 5.82 Å². The molecular formula is C21H25N7OS. The van der Waals surface area contributed by atoms with Gasteiger partial charge in [-0.3, -0.25) is 14.7 Å². The molecule has 1 unspecified atom stereocenters. The first-order chi connectivity index (χ1) is 14.6. The van der Waals surface area contributed by atoms with Crippen molar-refractivity contribution in [3.8, 4) is 11.5 Å². The fourth-order valence-electron chi connectivity index (χ4n) is 4.40. The molecule has 1 aliphatic carbocycles. The molecule has 156 valence electrons. The third-order valence-corrected chi connectivity index (χ3v) is 7.35. The van der Waals surface area contributed by atoms with Crippen molar-refractivity contribution < 1.29 is 4.79 Å². The number of nitrogens with two attached hydrogens (primary N) is 1. The minimum absolute atomic E-state index is 0.248. The summed E-state index contributed by atoms with van der Waals surface area (Å²) in [6, 6.07) is -0.248. The van der Waals surface area contributed by atoms with E-state index in [-0.39, 0.29) is 11.9 Å². The van der Waals surface area contributed by atoms with E-state index in [1.165, 1.54) is 28.7 Å². The van der Waals surface area contributed by atoms with Gasteiger partial charge < -0.3 is 10.6 Å². The third-order valence-electron chi connectivity index (χ3n) is 6.16. The van der Waals surface area contributed by atoms with Gasteiger partial charge in [-0.2, -0.15) is 0 Å². The average Bonchev–Trinajstić information content (AvgIpc) is 3.17. The van der Waals surface area contributed by atoms with E-state index in [9.17, 15) is 4.79 Å². The Balaban J connectivity index is 1.56. The molecule has 0 aromatic carbocycles. The number of amides is 1. The molecule has 1 aliphatic heterocycles. The fourth-order valence-corrected chi connectivity index (χ4v) is 5.65. The molecule has 1 saturated heterocycles. The van der Waals surface area contributed by atoms with Crippen LogP contribution in [0.25, 0.3) is 21.7 Å². The van der Waals surface area contributed by atoms with Gasteiger partial charge in [-0.25, -0.2) is 15.0 Å². The van der Waals surface area contributed by atoms with Crippen LogP contribution in [0.1, 0.15) is 30.2 Å². The number of hydrogen-bond acceptors (Lipinski definition) is 8. The van der Waals surface area contributed by atoms with Crippen LogP contribution in [0.2, 0.25) is 0 Å². The fraction of sp³-hybridized carbons (Fsp3) is 0.476. The largest absolute Gasteiger partial charge is 0.368 e. The highest BCUT2D eigenvalue weighted by Gasteiger charge is 2.28. The molecule has 0 spiro atoms. The first kappa shape index (κ1) is 19.3. The molecule has 0 saturated carbocycles. The predicted molar refractivity (Wildman–Crippen MR) is 118 cm³/mol. The molecule has 3 aromatic heterocycles. The van der Waals surface area contributed by atoms with Gasteiger partial charge in [-0.1, -0.05) is 0 Å². The Kier molecular flexibility index (Phi) is 5.08. The summed E-state index contributed by atoms with van der Waals surface area (Å²) in [5.74, 6) is 1.34. The van der Waals surface area contributed by atoms with Crippen LogP contribution < -0.4 is 10.6 Å². The number of rotatable bonds is 4. The number of carbonyl (C=O) groups excluding carboxylic acids is 1. The lowest BCUT2D eigenvalue weighted by atomic mass is 9.97. The third kappa shape index (κ3) is 3.41. The molecule has 4 heterocycles. The van der Waals surface area contributed by atoms with Gasteiger partial charge in [0, 0.05) is 43.4 Å². The van der Waals surface area contributed by atoms with E-state index in [0.717, 1.165) is 49.7 Å². The average molecular weight is 424 g/mol. The van der Waals surface area contributed by atoms with E-state index in [1.54, 1.807) is 29.9 Å². The second-order valence-electron chi connectivity index (χ2n) is 7.95. The topological polar surface area (TPSA) is 101 Å².